The lowest BCUT2D eigenvalue weighted by Crippen LogP contribution is -2.41. The summed E-state index contributed by atoms with van der Waals surface area (Å²) >= 11 is 0. The molecule has 1 atom stereocenters. The Hall–Kier alpha value is -0.660. The third kappa shape index (κ3) is 6.22. The van der Waals surface area contributed by atoms with Crippen LogP contribution in [-0.4, -0.2) is 67.2 Å². The van der Waals surface area contributed by atoms with Gasteiger partial charge in [-0.25, -0.2) is 12.7 Å². The molecule has 0 aliphatic carbocycles. The van der Waals surface area contributed by atoms with E-state index in [2.05, 4.69) is 4.90 Å². The first-order valence-electron chi connectivity index (χ1n) is 8.19. The van der Waals surface area contributed by atoms with E-state index < -0.39 is 16.0 Å². The highest BCUT2D eigenvalue weighted by molar-refractivity contribution is 7.89. The van der Waals surface area contributed by atoms with E-state index in [0.29, 0.717) is 39.0 Å². The van der Waals surface area contributed by atoms with Crippen LogP contribution in [0.25, 0.3) is 0 Å². The van der Waals surface area contributed by atoms with E-state index >= 15 is 0 Å². The summed E-state index contributed by atoms with van der Waals surface area (Å²) in [6.07, 6.45) is 2.20. The molecule has 0 saturated carbocycles. The minimum absolute atomic E-state index is 0.202. The number of likely N-dealkylation sites (tertiary alicyclic amines) is 1. The smallest absolute Gasteiger partial charge is 0.307 e. The summed E-state index contributed by atoms with van der Waals surface area (Å²) < 4.78 is 26.4. The van der Waals surface area contributed by atoms with Crippen molar-refractivity contribution in [3.05, 3.63) is 0 Å². The van der Waals surface area contributed by atoms with Crippen LogP contribution in [0.4, 0.5) is 0 Å². The van der Waals surface area contributed by atoms with Crippen LogP contribution in [0.1, 0.15) is 40.0 Å². The molecule has 1 aliphatic heterocycles. The third-order valence-corrected chi connectivity index (χ3v) is 5.93. The lowest BCUT2D eigenvalue weighted by molar-refractivity contribution is -0.141. The van der Waals surface area contributed by atoms with Crippen LogP contribution in [0, 0.1) is 11.8 Å². The quantitative estimate of drug-likeness (QED) is 0.655. The number of hydrogen-bond donors (Lipinski definition) is 1. The summed E-state index contributed by atoms with van der Waals surface area (Å²) in [6.45, 7) is 8.87. The Kier molecular flexibility index (Phi) is 7.79. The van der Waals surface area contributed by atoms with Crippen molar-refractivity contribution in [2.24, 2.45) is 11.8 Å². The van der Waals surface area contributed by atoms with Gasteiger partial charge in [0.1, 0.15) is 0 Å². The van der Waals surface area contributed by atoms with E-state index in [4.69, 9.17) is 5.11 Å². The average Bonchev–Trinajstić information content (AvgIpc) is 2.89. The number of sulfonamides is 1. The number of aliphatic carboxylic acids is 1. The predicted molar refractivity (Wildman–Crippen MR) is 87.3 cm³/mol. The first kappa shape index (κ1) is 19.4. The van der Waals surface area contributed by atoms with Crippen LogP contribution in [-0.2, 0) is 14.8 Å². The average molecular weight is 334 g/mol. The maximum atomic E-state index is 12.4. The van der Waals surface area contributed by atoms with Crippen molar-refractivity contribution in [1.29, 1.82) is 0 Å². The standard InChI is InChI=1S/C15H30N2O4S/c1-4-5-10-22(20,21)17(11-13(2)3)9-8-16-7-6-14(12-16)15(18)19/h13-14H,4-12H2,1-3H3,(H,18,19). The molecule has 0 aromatic heterocycles. The van der Waals surface area contributed by atoms with Crippen molar-refractivity contribution in [2.45, 2.75) is 40.0 Å². The molecular formula is C15H30N2O4S. The van der Waals surface area contributed by atoms with E-state index in [-0.39, 0.29) is 17.6 Å². The van der Waals surface area contributed by atoms with Gasteiger partial charge in [-0.15, -0.1) is 0 Å². The van der Waals surface area contributed by atoms with Crippen molar-refractivity contribution in [3.8, 4) is 0 Å². The van der Waals surface area contributed by atoms with Gasteiger partial charge in [0.25, 0.3) is 0 Å². The van der Waals surface area contributed by atoms with E-state index in [1.807, 2.05) is 20.8 Å². The molecule has 1 fully saturated rings. The monoisotopic (exact) mass is 334 g/mol. The van der Waals surface area contributed by atoms with Crippen LogP contribution in [0.5, 0.6) is 0 Å². The van der Waals surface area contributed by atoms with Gasteiger partial charge in [0.15, 0.2) is 0 Å². The van der Waals surface area contributed by atoms with Gasteiger partial charge in [0.05, 0.1) is 11.7 Å². The molecule has 1 saturated heterocycles. The van der Waals surface area contributed by atoms with Crippen LogP contribution < -0.4 is 0 Å². The number of carboxylic acid groups (broad SMARTS) is 1. The van der Waals surface area contributed by atoms with Gasteiger partial charge < -0.3 is 10.0 Å². The summed E-state index contributed by atoms with van der Waals surface area (Å²) in [5.41, 5.74) is 0. The Morgan fingerprint density at radius 2 is 2.09 bits per heavy atom. The summed E-state index contributed by atoms with van der Waals surface area (Å²) in [5, 5.41) is 9.02. The molecule has 1 N–H and O–H groups in total. The van der Waals surface area contributed by atoms with E-state index in [1.54, 1.807) is 4.31 Å². The van der Waals surface area contributed by atoms with Gasteiger partial charge in [-0.2, -0.15) is 0 Å². The van der Waals surface area contributed by atoms with Crippen molar-refractivity contribution in [1.82, 2.24) is 9.21 Å². The minimum Gasteiger partial charge on any atom is -0.481 e. The number of carbonyl (C=O) groups is 1. The fourth-order valence-corrected chi connectivity index (χ4v) is 4.49. The molecule has 1 rings (SSSR count). The predicted octanol–water partition coefficient (Wildman–Crippen LogP) is 1.48. The number of nitrogens with zero attached hydrogens (tertiary/aromatic N) is 2. The molecule has 0 bridgehead atoms. The van der Waals surface area contributed by atoms with Crippen LogP contribution in [0.2, 0.25) is 0 Å². The summed E-state index contributed by atoms with van der Waals surface area (Å²) in [4.78, 5) is 13.0. The normalized spacial score (nSPS) is 20.1. The number of rotatable bonds is 10. The van der Waals surface area contributed by atoms with E-state index in [1.165, 1.54) is 0 Å². The fraction of sp³-hybridized carbons (Fsp3) is 0.933. The zero-order valence-electron chi connectivity index (χ0n) is 14.0. The minimum atomic E-state index is -3.21. The van der Waals surface area contributed by atoms with Crippen molar-refractivity contribution < 1.29 is 18.3 Å². The Bertz CT molecular complexity index is 450. The molecule has 0 amide bonds. The Morgan fingerprint density at radius 3 is 2.59 bits per heavy atom. The zero-order chi connectivity index (χ0) is 16.8. The lowest BCUT2D eigenvalue weighted by atomic mass is 10.1. The molecule has 22 heavy (non-hydrogen) atoms. The molecular weight excluding hydrogens is 304 g/mol. The molecule has 7 heteroatoms. The molecule has 0 spiro atoms. The molecule has 1 heterocycles. The maximum absolute atomic E-state index is 12.4. The molecule has 0 aromatic carbocycles. The van der Waals surface area contributed by atoms with Crippen LogP contribution >= 0.6 is 0 Å². The molecule has 130 valence electrons. The third-order valence-electron chi connectivity index (χ3n) is 4.01. The lowest BCUT2D eigenvalue weighted by Gasteiger charge is -2.26. The first-order valence-corrected chi connectivity index (χ1v) is 9.80. The van der Waals surface area contributed by atoms with E-state index in [9.17, 15) is 13.2 Å². The van der Waals surface area contributed by atoms with Crippen LogP contribution in [0.3, 0.4) is 0 Å². The van der Waals surface area contributed by atoms with Gasteiger partial charge >= 0.3 is 5.97 Å². The Morgan fingerprint density at radius 1 is 1.41 bits per heavy atom. The molecule has 0 radical (unpaired) electrons. The van der Waals surface area contributed by atoms with Crippen molar-refractivity contribution in [2.75, 3.05) is 38.5 Å². The van der Waals surface area contributed by atoms with Gasteiger partial charge in [0, 0.05) is 26.2 Å². The number of hydrogen-bond acceptors (Lipinski definition) is 4. The summed E-state index contributed by atoms with van der Waals surface area (Å²) in [5.74, 6) is -0.581. The molecule has 1 aliphatic rings. The Balaban J connectivity index is 2.57. The molecule has 1 unspecified atom stereocenters. The van der Waals surface area contributed by atoms with Gasteiger partial charge in [-0.1, -0.05) is 27.2 Å². The second-order valence-corrected chi connectivity index (χ2v) is 8.63. The van der Waals surface area contributed by atoms with E-state index in [0.717, 1.165) is 13.0 Å². The number of carboxylic acids is 1. The summed E-state index contributed by atoms with van der Waals surface area (Å²) in [6, 6.07) is 0. The highest BCUT2D eigenvalue weighted by Crippen LogP contribution is 2.17. The van der Waals surface area contributed by atoms with Crippen molar-refractivity contribution >= 4 is 16.0 Å². The highest BCUT2D eigenvalue weighted by Gasteiger charge is 2.29. The maximum Gasteiger partial charge on any atom is 0.307 e. The highest BCUT2D eigenvalue weighted by atomic mass is 32.2. The second-order valence-electron chi connectivity index (χ2n) is 6.55. The summed E-state index contributed by atoms with van der Waals surface area (Å²) in [7, 11) is -3.21. The van der Waals surface area contributed by atoms with Crippen LogP contribution in [0.15, 0.2) is 0 Å². The fourth-order valence-electron chi connectivity index (χ4n) is 2.70. The second kappa shape index (κ2) is 8.84. The molecule has 0 aromatic rings. The van der Waals surface area contributed by atoms with Gasteiger partial charge in [-0.3, -0.25) is 4.79 Å². The zero-order valence-corrected chi connectivity index (χ0v) is 14.8. The topological polar surface area (TPSA) is 77.9 Å². The van der Waals surface area contributed by atoms with Gasteiger partial charge in [0.2, 0.25) is 10.0 Å². The SMILES string of the molecule is CCCCS(=O)(=O)N(CCN1CCC(C(=O)O)C1)CC(C)C. The molecule has 6 nitrogen and oxygen atoms in total. The van der Waals surface area contributed by atoms with Crippen molar-refractivity contribution in [3.63, 3.8) is 0 Å². The largest absolute Gasteiger partial charge is 0.481 e. The first-order chi connectivity index (χ1) is 10.3. The van der Waals surface area contributed by atoms with Gasteiger partial charge in [-0.05, 0) is 25.3 Å². The Labute approximate surface area is 134 Å². The number of unbranched alkanes of at least 4 members (excludes halogenated alkanes) is 1.